The lowest BCUT2D eigenvalue weighted by Crippen LogP contribution is -2.26. The second-order valence-electron chi connectivity index (χ2n) is 7.29. The van der Waals surface area contributed by atoms with Gasteiger partial charge in [0.25, 0.3) is 5.91 Å². The van der Waals surface area contributed by atoms with Gasteiger partial charge in [0.05, 0.1) is 19.3 Å². The van der Waals surface area contributed by atoms with Gasteiger partial charge in [-0.3, -0.25) is 14.7 Å². The maximum atomic E-state index is 12.4. The van der Waals surface area contributed by atoms with Crippen LogP contribution in [0.25, 0.3) is 0 Å². The standard InChI is InChI=1S/C25H23N5O2/c1-19(29-25(31)20-6-3-2-4-7-20)21-9-11-28-24(16-21)32-23-10-12-27-22(17-23)8-5-14-30-15-13-26-18-30/h2-4,6-7,9-13,16-17,19H,14-15,18H2,1H3,(H,29,31). The van der Waals surface area contributed by atoms with E-state index in [0.717, 1.165) is 12.1 Å². The van der Waals surface area contributed by atoms with Crippen LogP contribution < -0.4 is 10.1 Å². The molecule has 0 radical (unpaired) electrons. The molecule has 4 rings (SSSR count). The Morgan fingerprint density at radius 1 is 1.16 bits per heavy atom. The molecule has 0 aliphatic carbocycles. The van der Waals surface area contributed by atoms with Gasteiger partial charge in [0.2, 0.25) is 5.88 Å². The van der Waals surface area contributed by atoms with Crippen molar-refractivity contribution in [2.45, 2.75) is 13.0 Å². The highest BCUT2D eigenvalue weighted by atomic mass is 16.5. The Bertz CT molecular complexity index is 1160. The molecule has 0 bridgehead atoms. The molecular formula is C25H23N5O2. The summed E-state index contributed by atoms with van der Waals surface area (Å²) in [7, 11) is 0. The van der Waals surface area contributed by atoms with Crippen LogP contribution in [0.5, 0.6) is 11.6 Å². The zero-order valence-corrected chi connectivity index (χ0v) is 17.7. The lowest BCUT2D eigenvalue weighted by Gasteiger charge is -2.15. The van der Waals surface area contributed by atoms with Gasteiger partial charge >= 0.3 is 0 Å². The van der Waals surface area contributed by atoms with Gasteiger partial charge in [-0.05, 0) is 42.7 Å². The molecule has 0 saturated carbocycles. The van der Waals surface area contributed by atoms with Gasteiger partial charge in [0.15, 0.2) is 0 Å². The number of ether oxygens (including phenoxy) is 1. The molecule has 2 aromatic heterocycles. The van der Waals surface area contributed by atoms with E-state index in [-0.39, 0.29) is 11.9 Å². The Kier molecular flexibility index (Phi) is 6.85. The van der Waals surface area contributed by atoms with Crippen molar-refractivity contribution in [2.75, 3.05) is 19.8 Å². The van der Waals surface area contributed by atoms with Crippen LogP contribution >= 0.6 is 0 Å². The maximum Gasteiger partial charge on any atom is 0.251 e. The number of carbonyl (C=O) groups excluding carboxylic acids is 1. The van der Waals surface area contributed by atoms with Crippen molar-refractivity contribution in [1.82, 2.24) is 20.2 Å². The van der Waals surface area contributed by atoms with Gasteiger partial charge in [-0.15, -0.1) is 0 Å². The van der Waals surface area contributed by atoms with E-state index in [4.69, 9.17) is 4.74 Å². The molecule has 1 unspecified atom stereocenters. The number of aromatic nitrogens is 2. The molecule has 1 aliphatic heterocycles. The molecule has 0 spiro atoms. The van der Waals surface area contributed by atoms with Crippen molar-refractivity contribution in [1.29, 1.82) is 0 Å². The maximum absolute atomic E-state index is 12.4. The third kappa shape index (κ3) is 5.78. The SMILES string of the molecule is CC(NC(=O)c1ccccc1)c1ccnc(Oc2ccnc(C#CCN3CC=NC3)c2)c1. The van der Waals surface area contributed by atoms with Crippen molar-refractivity contribution in [3.05, 3.63) is 83.8 Å². The summed E-state index contributed by atoms with van der Waals surface area (Å²) in [5.41, 5.74) is 2.14. The fraction of sp³-hybridized carbons (Fsp3) is 0.200. The number of nitrogens with one attached hydrogen (secondary N) is 1. The molecule has 3 aromatic rings. The normalized spacial score (nSPS) is 13.8. The number of hydrogen-bond donors (Lipinski definition) is 1. The zero-order chi connectivity index (χ0) is 22.2. The van der Waals surface area contributed by atoms with Gasteiger partial charge in [-0.25, -0.2) is 9.97 Å². The minimum Gasteiger partial charge on any atom is -0.439 e. The summed E-state index contributed by atoms with van der Waals surface area (Å²) in [6.07, 6.45) is 5.21. The van der Waals surface area contributed by atoms with Crippen LogP contribution in [0.1, 0.15) is 34.6 Å². The van der Waals surface area contributed by atoms with E-state index in [1.807, 2.05) is 43.5 Å². The van der Waals surface area contributed by atoms with E-state index in [0.29, 0.717) is 36.1 Å². The quantitative estimate of drug-likeness (QED) is 0.612. The van der Waals surface area contributed by atoms with Crippen LogP contribution in [0.3, 0.4) is 0 Å². The number of amides is 1. The van der Waals surface area contributed by atoms with E-state index in [1.165, 1.54) is 0 Å². The predicted molar refractivity (Wildman–Crippen MR) is 123 cm³/mol. The van der Waals surface area contributed by atoms with E-state index >= 15 is 0 Å². The number of rotatable bonds is 6. The Balaban J connectivity index is 1.39. The Morgan fingerprint density at radius 2 is 2.00 bits per heavy atom. The van der Waals surface area contributed by atoms with E-state index in [1.54, 1.807) is 36.7 Å². The monoisotopic (exact) mass is 425 g/mol. The van der Waals surface area contributed by atoms with Gasteiger partial charge in [0, 0.05) is 42.8 Å². The molecule has 3 heterocycles. The summed E-state index contributed by atoms with van der Waals surface area (Å²) in [5, 5.41) is 3.00. The smallest absolute Gasteiger partial charge is 0.251 e. The molecule has 0 fully saturated rings. The summed E-state index contributed by atoms with van der Waals surface area (Å²) in [4.78, 5) is 27.3. The largest absolute Gasteiger partial charge is 0.439 e. The van der Waals surface area contributed by atoms with Crippen LogP contribution in [0, 0.1) is 11.8 Å². The van der Waals surface area contributed by atoms with E-state index in [9.17, 15) is 4.79 Å². The summed E-state index contributed by atoms with van der Waals surface area (Å²) in [6, 6.07) is 16.1. The van der Waals surface area contributed by atoms with Crippen LogP contribution in [-0.4, -0.2) is 46.7 Å². The minimum atomic E-state index is -0.207. The Labute approximate surface area is 187 Å². The first-order chi connectivity index (χ1) is 15.7. The molecule has 1 aliphatic rings. The van der Waals surface area contributed by atoms with Gasteiger partial charge < -0.3 is 10.1 Å². The Hall–Kier alpha value is -4.02. The van der Waals surface area contributed by atoms with Crippen molar-refractivity contribution in [2.24, 2.45) is 4.99 Å². The number of pyridine rings is 2. The highest BCUT2D eigenvalue weighted by Crippen LogP contribution is 2.23. The predicted octanol–water partition coefficient (Wildman–Crippen LogP) is 3.46. The van der Waals surface area contributed by atoms with Crippen molar-refractivity contribution in [3.8, 4) is 23.5 Å². The highest BCUT2D eigenvalue weighted by molar-refractivity contribution is 5.94. The minimum absolute atomic E-state index is 0.129. The van der Waals surface area contributed by atoms with Crippen molar-refractivity contribution in [3.63, 3.8) is 0 Å². The van der Waals surface area contributed by atoms with E-state index < -0.39 is 0 Å². The van der Waals surface area contributed by atoms with Gasteiger partial charge in [-0.2, -0.15) is 0 Å². The topological polar surface area (TPSA) is 79.7 Å². The lowest BCUT2D eigenvalue weighted by atomic mass is 10.1. The van der Waals surface area contributed by atoms with Crippen LogP contribution in [0.15, 0.2) is 72.0 Å². The fourth-order valence-electron chi connectivity index (χ4n) is 3.13. The highest BCUT2D eigenvalue weighted by Gasteiger charge is 2.12. The number of aliphatic imine (C=N–C) groups is 1. The number of nitrogens with zero attached hydrogens (tertiary/aromatic N) is 4. The third-order valence-corrected chi connectivity index (χ3v) is 4.87. The van der Waals surface area contributed by atoms with Crippen molar-refractivity contribution < 1.29 is 9.53 Å². The molecule has 1 atom stereocenters. The number of benzene rings is 1. The summed E-state index contributed by atoms with van der Waals surface area (Å²) in [6.45, 7) is 4.09. The number of hydrogen-bond acceptors (Lipinski definition) is 6. The zero-order valence-electron chi connectivity index (χ0n) is 17.7. The average molecular weight is 425 g/mol. The summed E-state index contributed by atoms with van der Waals surface area (Å²) < 4.78 is 5.92. The molecule has 7 heteroatoms. The van der Waals surface area contributed by atoms with Crippen LogP contribution in [0.4, 0.5) is 0 Å². The summed E-state index contributed by atoms with van der Waals surface area (Å²) >= 11 is 0. The molecular weight excluding hydrogens is 402 g/mol. The Morgan fingerprint density at radius 3 is 2.81 bits per heavy atom. The second-order valence-corrected chi connectivity index (χ2v) is 7.29. The third-order valence-electron chi connectivity index (χ3n) is 4.87. The molecule has 7 nitrogen and oxygen atoms in total. The van der Waals surface area contributed by atoms with Crippen molar-refractivity contribution >= 4 is 12.1 Å². The first-order valence-electron chi connectivity index (χ1n) is 10.3. The van der Waals surface area contributed by atoms with E-state index in [2.05, 4.69) is 37.0 Å². The molecule has 1 amide bonds. The molecule has 1 N–H and O–H groups in total. The number of carbonyl (C=O) groups is 1. The van der Waals surface area contributed by atoms with Crippen LogP contribution in [0.2, 0.25) is 0 Å². The molecule has 0 saturated heterocycles. The fourth-order valence-corrected chi connectivity index (χ4v) is 3.13. The second kappa shape index (κ2) is 10.3. The molecule has 32 heavy (non-hydrogen) atoms. The lowest BCUT2D eigenvalue weighted by molar-refractivity contribution is 0.0940. The van der Waals surface area contributed by atoms with Crippen LogP contribution in [-0.2, 0) is 0 Å². The van der Waals surface area contributed by atoms with Gasteiger partial charge in [-0.1, -0.05) is 24.1 Å². The molecule has 160 valence electrons. The van der Waals surface area contributed by atoms with Gasteiger partial charge in [0.1, 0.15) is 11.4 Å². The summed E-state index contributed by atoms with van der Waals surface area (Å²) in [5.74, 6) is 7.07. The average Bonchev–Trinajstić information content (AvgIpc) is 3.34. The molecule has 1 aromatic carbocycles. The first-order valence-corrected chi connectivity index (χ1v) is 10.3. The first kappa shape index (κ1) is 21.2.